The molecule has 1 amide bonds. The lowest BCUT2D eigenvalue weighted by molar-refractivity contribution is 0.0694. The first-order chi connectivity index (χ1) is 18.7. The number of nitrogens with zero attached hydrogens (tertiary/aromatic N) is 3. The maximum Gasteiger partial charge on any atom is 0.255 e. The van der Waals surface area contributed by atoms with Crippen molar-refractivity contribution >= 4 is 16.8 Å². The van der Waals surface area contributed by atoms with Crippen molar-refractivity contribution < 1.29 is 14.3 Å². The van der Waals surface area contributed by atoms with E-state index >= 15 is 0 Å². The second-order valence-electron chi connectivity index (χ2n) is 9.27. The topological polar surface area (TPSA) is 64.6 Å². The van der Waals surface area contributed by atoms with Crippen molar-refractivity contribution in [1.82, 2.24) is 14.9 Å². The third-order valence-corrected chi connectivity index (χ3v) is 7.19. The number of rotatable bonds is 5. The minimum absolute atomic E-state index is 0.0769. The minimum Gasteiger partial charge on any atom is -0.497 e. The Kier molecular flexibility index (Phi) is 6.22. The van der Waals surface area contributed by atoms with Crippen LogP contribution in [0.1, 0.15) is 33.1 Å². The summed E-state index contributed by atoms with van der Waals surface area (Å²) in [6, 6.07) is 27.3. The molecule has 38 heavy (non-hydrogen) atoms. The van der Waals surface area contributed by atoms with Gasteiger partial charge in [0.05, 0.1) is 37.0 Å². The molecule has 1 unspecified atom stereocenters. The summed E-state index contributed by atoms with van der Waals surface area (Å²) in [5, 5.41) is 0.729. The van der Waals surface area contributed by atoms with Gasteiger partial charge in [0.25, 0.3) is 5.91 Å². The first kappa shape index (κ1) is 23.7. The molecule has 0 bridgehead atoms. The molecule has 0 aliphatic carbocycles. The lowest BCUT2D eigenvalue weighted by atomic mass is 9.86. The molecule has 0 radical (unpaired) electrons. The number of ether oxygens (including phenoxy) is 2. The molecule has 2 aromatic heterocycles. The third kappa shape index (κ3) is 4.14. The smallest absolute Gasteiger partial charge is 0.255 e. The number of benzene rings is 3. The van der Waals surface area contributed by atoms with Gasteiger partial charge in [0.1, 0.15) is 11.5 Å². The van der Waals surface area contributed by atoms with Crippen LogP contribution in [-0.4, -0.2) is 41.5 Å². The summed E-state index contributed by atoms with van der Waals surface area (Å²) < 4.78 is 11.3. The van der Waals surface area contributed by atoms with Crippen molar-refractivity contribution in [3.63, 3.8) is 0 Å². The third-order valence-electron chi connectivity index (χ3n) is 7.19. The predicted molar refractivity (Wildman–Crippen MR) is 148 cm³/mol. The number of carbonyl (C=O) groups is 1. The zero-order valence-corrected chi connectivity index (χ0v) is 21.3. The molecular weight excluding hydrogens is 474 g/mol. The maximum absolute atomic E-state index is 14.5. The average Bonchev–Trinajstić information content (AvgIpc) is 2.99. The van der Waals surface area contributed by atoms with Crippen LogP contribution >= 0.6 is 0 Å². The lowest BCUT2D eigenvalue weighted by Crippen LogP contribution is -2.41. The fourth-order valence-electron chi connectivity index (χ4n) is 5.32. The first-order valence-electron chi connectivity index (χ1n) is 12.6. The van der Waals surface area contributed by atoms with Gasteiger partial charge in [-0.25, -0.2) is 4.98 Å². The fraction of sp³-hybridized carbons (Fsp3) is 0.156. The molecule has 3 aromatic carbocycles. The van der Waals surface area contributed by atoms with Gasteiger partial charge in [-0.15, -0.1) is 0 Å². The molecule has 0 fully saturated rings. The molecule has 3 heterocycles. The maximum atomic E-state index is 14.5. The van der Waals surface area contributed by atoms with E-state index in [9.17, 15) is 4.79 Å². The minimum atomic E-state index is -0.349. The van der Waals surface area contributed by atoms with Gasteiger partial charge in [-0.1, -0.05) is 54.6 Å². The highest BCUT2D eigenvalue weighted by atomic mass is 16.5. The quantitative estimate of drug-likeness (QED) is 0.291. The molecular formula is C32H27N3O3. The van der Waals surface area contributed by atoms with E-state index in [1.165, 1.54) is 5.56 Å². The highest BCUT2D eigenvalue weighted by Crippen LogP contribution is 2.41. The Morgan fingerprint density at radius 1 is 0.895 bits per heavy atom. The molecule has 5 aromatic rings. The molecule has 188 valence electrons. The van der Waals surface area contributed by atoms with Crippen molar-refractivity contribution in [2.45, 2.75) is 12.5 Å². The van der Waals surface area contributed by atoms with Gasteiger partial charge < -0.3 is 14.4 Å². The van der Waals surface area contributed by atoms with E-state index < -0.39 is 0 Å². The summed E-state index contributed by atoms with van der Waals surface area (Å²) in [4.78, 5) is 25.7. The van der Waals surface area contributed by atoms with Crippen molar-refractivity contribution in [2.75, 3.05) is 20.8 Å². The summed E-state index contributed by atoms with van der Waals surface area (Å²) in [5.41, 5.74) is 6.17. The van der Waals surface area contributed by atoms with E-state index in [2.05, 4.69) is 11.1 Å². The van der Waals surface area contributed by atoms with Gasteiger partial charge in [0.15, 0.2) is 0 Å². The van der Waals surface area contributed by atoms with Crippen LogP contribution in [0.5, 0.6) is 11.5 Å². The fourth-order valence-corrected chi connectivity index (χ4v) is 5.32. The first-order valence-corrected chi connectivity index (χ1v) is 12.6. The van der Waals surface area contributed by atoms with Gasteiger partial charge in [0.2, 0.25) is 0 Å². The summed E-state index contributed by atoms with van der Waals surface area (Å²) >= 11 is 0. The van der Waals surface area contributed by atoms with Crippen LogP contribution in [0.3, 0.4) is 0 Å². The van der Waals surface area contributed by atoms with E-state index in [1.54, 1.807) is 26.6 Å². The Labute approximate surface area is 221 Å². The molecule has 0 saturated carbocycles. The molecule has 6 heteroatoms. The predicted octanol–water partition coefficient (Wildman–Crippen LogP) is 6.10. The summed E-state index contributed by atoms with van der Waals surface area (Å²) in [6.45, 7) is 0.561. The zero-order chi connectivity index (χ0) is 26.1. The van der Waals surface area contributed by atoms with Crippen LogP contribution < -0.4 is 9.47 Å². The monoisotopic (exact) mass is 501 g/mol. The van der Waals surface area contributed by atoms with Gasteiger partial charge in [-0.2, -0.15) is 0 Å². The Balaban J connectivity index is 1.54. The van der Waals surface area contributed by atoms with Crippen LogP contribution in [0.25, 0.3) is 22.2 Å². The number of amides is 1. The lowest BCUT2D eigenvalue weighted by Gasteiger charge is -2.38. The number of carbonyl (C=O) groups excluding carboxylic acids is 1. The average molecular weight is 502 g/mol. The summed E-state index contributed by atoms with van der Waals surface area (Å²) in [7, 11) is 3.32. The van der Waals surface area contributed by atoms with Gasteiger partial charge >= 0.3 is 0 Å². The molecule has 1 atom stereocenters. The van der Waals surface area contributed by atoms with Crippen LogP contribution in [-0.2, 0) is 6.42 Å². The number of hydrogen-bond donors (Lipinski definition) is 0. The van der Waals surface area contributed by atoms with Crippen LogP contribution in [0.4, 0.5) is 0 Å². The number of hydrogen-bond acceptors (Lipinski definition) is 5. The number of methoxy groups -OCH3 is 2. The van der Waals surface area contributed by atoms with Crippen molar-refractivity contribution in [1.29, 1.82) is 0 Å². The SMILES string of the molecule is COc1ccc2c(c1)C(c1ccccc1OC)N(C(=O)c1cc(-c3ccccc3)nc3ccncc13)CC2. The highest BCUT2D eigenvalue weighted by Gasteiger charge is 2.35. The van der Waals surface area contributed by atoms with E-state index in [4.69, 9.17) is 14.5 Å². The van der Waals surface area contributed by atoms with E-state index in [0.29, 0.717) is 12.1 Å². The molecule has 1 aliphatic heterocycles. The normalized spacial score (nSPS) is 14.7. The van der Waals surface area contributed by atoms with Crippen molar-refractivity contribution in [3.8, 4) is 22.8 Å². The Morgan fingerprint density at radius 3 is 2.53 bits per heavy atom. The summed E-state index contributed by atoms with van der Waals surface area (Å²) in [5.74, 6) is 1.41. The van der Waals surface area contributed by atoms with Gasteiger partial charge in [-0.3, -0.25) is 9.78 Å². The number of aromatic nitrogens is 2. The summed E-state index contributed by atoms with van der Waals surface area (Å²) in [6.07, 6.45) is 4.17. The Morgan fingerprint density at radius 2 is 1.71 bits per heavy atom. The largest absolute Gasteiger partial charge is 0.497 e. The molecule has 1 aliphatic rings. The number of para-hydroxylation sites is 1. The van der Waals surface area contributed by atoms with Crippen LogP contribution in [0.2, 0.25) is 0 Å². The van der Waals surface area contributed by atoms with Crippen molar-refractivity contribution in [2.24, 2.45) is 0 Å². The van der Waals surface area contributed by atoms with E-state index in [0.717, 1.165) is 51.2 Å². The van der Waals surface area contributed by atoms with Crippen LogP contribution in [0.15, 0.2) is 97.3 Å². The van der Waals surface area contributed by atoms with Gasteiger partial charge in [-0.05, 0) is 47.9 Å². The van der Waals surface area contributed by atoms with E-state index in [1.807, 2.05) is 83.8 Å². The highest BCUT2D eigenvalue weighted by molar-refractivity contribution is 6.07. The molecule has 0 spiro atoms. The second kappa shape index (κ2) is 9.98. The molecule has 6 nitrogen and oxygen atoms in total. The number of pyridine rings is 2. The second-order valence-corrected chi connectivity index (χ2v) is 9.27. The van der Waals surface area contributed by atoms with Crippen LogP contribution in [0, 0.1) is 0 Å². The standard InChI is InChI=1S/C32H27N3O3/c1-37-23-13-12-21-15-17-35(31(25(21)18-23)24-10-6-7-11-30(24)38-2)32(36)26-19-29(22-8-4-3-5-9-22)34-28-14-16-33-20-27(26)28/h3-14,16,18-20,31H,15,17H2,1-2H3. The zero-order valence-electron chi connectivity index (χ0n) is 21.3. The molecule has 0 N–H and O–H groups in total. The van der Waals surface area contributed by atoms with Crippen molar-refractivity contribution in [3.05, 3.63) is 120 Å². The number of fused-ring (bicyclic) bond motifs is 2. The van der Waals surface area contributed by atoms with Gasteiger partial charge in [0, 0.05) is 35.5 Å². The molecule has 6 rings (SSSR count). The molecule has 0 saturated heterocycles. The van der Waals surface area contributed by atoms with E-state index in [-0.39, 0.29) is 11.9 Å². The Bertz CT molecular complexity index is 1630. The Hall–Kier alpha value is -4.71.